The van der Waals surface area contributed by atoms with E-state index in [1.54, 1.807) is 30.6 Å². The maximum Gasteiger partial charge on any atom is 0.246 e. The van der Waals surface area contributed by atoms with Crippen LogP contribution in [0.1, 0.15) is 24.3 Å². The summed E-state index contributed by atoms with van der Waals surface area (Å²) in [6.45, 7) is 5.81. The highest BCUT2D eigenvalue weighted by Gasteiger charge is 2.10. The number of amides is 1. The van der Waals surface area contributed by atoms with Crippen molar-refractivity contribution in [2.75, 3.05) is 20.3 Å². The van der Waals surface area contributed by atoms with Gasteiger partial charge in [-0.05, 0) is 49.1 Å². The Morgan fingerprint density at radius 2 is 2.08 bits per heavy atom. The van der Waals surface area contributed by atoms with Crippen molar-refractivity contribution in [2.24, 2.45) is 0 Å². The number of methoxy groups -OCH3 is 1. The normalized spacial score (nSPS) is 10.8. The molecule has 0 fully saturated rings. The molecule has 0 aliphatic heterocycles. The van der Waals surface area contributed by atoms with Gasteiger partial charge in [-0.2, -0.15) is 0 Å². The Bertz CT molecular complexity index is 680. The van der Waals surface area contributed by atoms with Crippen molar-refractivity contribution < 1.29 is 14.3 Å². The Hall–Kier alpha value is -2.27. The van der Waals surface area contributed by atoms with Gasteiger partial charge < -0.3 is 14.4 Å². The molecule has 4 nitrogen and oxygen atoms in total. The van der Waals surface area contributed by atoms with E-state index in [9.17, 15) is 4.79 Å². The highest BCUT2D eigenvalue weighted by molar-refractivity contribution is 7.09. The van der Waals surface area contributed by atoms with Gasteiger partial charge in [-0.15, -0.1) is 11.3 Å². The van der Waals surface area contributed by atoms with E-state index in [1.165, 1.54) is 4.88 Å². The fourth-order valence-corrected chi connectivity index (χ4v) is 2.99. The largest absolute Gasteiger partial charge is 0.493 e. The highest BCUT2D eigenvalue weighted by atomic mass is 32.1. The molecule has 0 bridgehead atoms. The van der Waals surface area contributed by atoms with Crippen LogP contribution in [0, 0.1) is 0 Å². The molecule has 5 heteroatoms. The number of hydrogen-bond acceptors (Lipinski definition) is 4. The molecule has 128 valence electrons. The summed E-state index contributed by atoms with van der Waals surface area (Å²) < 4.78 is 10.8. The van der Waals surface area contributed by atoms with Gasteiger partial charge in [0.1, 0.15) is 0 Å². The van der Waals surface area contributed by atoms with Gasteiger partial charge in [-0.1, -0.05) is 12.1 Å². The SMILES string of the molecule is CCOc1ccc(C=CC(=O)N(CC)Cc2cccs2)cc1OC. The van der Waals surface area contributed by atoms with Gasteiger partial charge in [0, 0.05) is 17.5 Å². The lowest BCUT2D eigenvalue weighted by Gasteiger charge is -2.18. The number of thiophene rings is 1. The number of likely N-dealkylation sites (N-methyl/N-ethyl adjacent to an activating group) is 1. The zero-order valence-corrected chi connectivity index (χ0v) is 15.1. The van der Waals surface area contributed by atoms with E-state index in [0.717, 1.165) is 5.56 Å². The van der Waals surface area contributed by atoms with Gasteiger partial charge in [0.05, 0.1) is 20.3 Å². The molecule has 1 aromatic heterocycles. The topological polar surface area (TPSA) is 38.8 Å². The fourth-order valence-electron chi connectivity index (χ4n) is 2.27. The molecule has 0 radical (unpaired) electrons. The monoisotopic (exact) mass is 345 g/mol. The van der Waals surface area contributed by atoms with Crippen LogP contribution in [0.15, 0.2) is 41.8 Å². The van der Waals surface area contributed by atoms with E-state index < -0.39 is 0 Å². The molecule has 0 saturated carbocycles. The van der Waals surface area contributed by atoms with Crippen molar-refractivity contribution in [1.29, 1.82) is 0 Å². The van der Waals surface area contributed by atoms with E-state index >= 15 is 0 Å². The average Bonchev–Trinajstić information content (AvgIpc) is 3.11. The minimum absolute atomic E-state index is 0.00116. The lowest BCUT2D eigenvalue weighted by molar-refractivity contribution is -0.126. The number of carbonyl (C=O) groups is 1. The van der Waals surface area contributed by atoms with Crippen LogP contribution in [0.5, 0.6) is 11.5 Å². The van der Waals surface area contributed by atoms with Gasteiger partial charge in [0.25, 0.3) is 0 Å². The third kappa shape index (κ3) is 4.86. The molecule has 1 aromatic carbocycles. The van der Waals surface area contributed by atoms with Crippen molar-refractivity contribution in [2.45, 2.75) is 20.4 Å². The van der Waals surface area contributed by atoms with Crippen LogP contribution in [0.25, 0.3) is 6.08 Å². The molecular formula is C19H23NO3S. The molecule has 0 aliphatic rings. The third-order valence-corrected chi connectivity index (χ3v) is 4.39. The predicted molar refractivity (Wildman–Crippen MR) is 98.6 cm³/mol. The van der Waals surface area contributed by atoms with E-state index in [4.69, 9.17) is 9.47 Å². The van der Waals surface area contributed by atoms with E-state index in [-0.39, 0.29) is 5.91 Å². The van der Waals surface area contributed by atoms with Crippen molar-refractivity contribution in [3.8, 4) is 11.5 Å². The molecule has 0 saturated heterocycles. The van der Waals surface area contributed by atoms with Crippen molar-refractivity contribution >= 4 is 23.3 Å². The Morgan fingerprint density at radius 1 is 1.25 bits per heavy atom. The molecule has 1 amide bonds. The second-order valence-corrected chi connectivity index (χ2v) is 6.14. The molecule has 0 spiro atoms. The summed E-state index contributed by atoms with van der Waals surface area (Å²) in [5, 5.41) is 2.02. The Balaban J connectivity index is 2.06. The number of benzene rings is 1. The smallest absolute Gasteiger partial charge is 0.246 e. The zero-order valence-electron chi connectivity index (χ0n) is 14.3. The molecule has 0 N–H and O–H groups in total. The third-order valence-electron chi connectivity index (χ3n) is 3.53. The second kappa shape index (κ2) is 9.13. The molecule has 1 heterocycles. The summed E-state index contributed by atoms with van der Waals surface area (Å²) in [4.78, 5) is 15.4. The zero-order chi connectivity index (χ0) is 17.4. The van der Waals surface area contributed by atoms with Crippen LogP contribution in [-0.2, 0) is 11.3 Å². The van der Waals surface area contributed by atoms with Crippen LogP contribution in [0.4, 0.5) is 0 Å². The fraction of sp³-hybridized carbons (Fsp3) is 0.316. The average molecular weight is 345 g/mol. The molecule has 24 heavy (non-hydrogen) atoms. The number of nitrogens with zero attached hydrogens (tertiary/aromatic N) is 1. The van der Waals surface area contributed by atoms with E-state index in [0.29, 0.717) is 31.2 Å². The first-order valence-corrected chi connectivity index (χ1v) is 8.86. The van der Waals surface area contributed by atoms with Gasteiger partial charge >= 0.3 is 0 Å². The van der Waals surface area contributed by atoms with Crippen LogP contribution in [-0.4, -0.2) is 31.1 Å². The highest BCUT2D eigenvalue weighted by Crippen LogP contribution is 2.28. The Kier molecular flexibility index (Phi) is 6.88. The summed E-state index contributed by atoms with van der Waals surface area (Å²) in [7, 11) is 1.61. The quantitative estimate of drug-likeness (QED) is 0.673. The number of hydrogen-bond donors (Lipinski definition) is 0. The molecule has 0 atom stereocenters. The van der Waals surface area contributed by atoms with Crippen molar-refractivity contribution in [3.05, 3.63) is 52.2 Å². The Morgan fingerprint density at radius 3 is 2.71 bits per heavy atom. The molecule has 0 unspecified atom stereocenters. The van der Waals surface area contributed by atoms with Gasteiger partial charge in [0.2, 0.25) is 5.91 Å². The van der Waals surface area contributed by atoms with Crippen molar-refractivity contribution in [3.63, 3.8) is 0 Å². The number of ether oxygens (including phenoxy) is 2. The molecular weight excluding hydrogens is 322 g/mol. The first kappa shape index (κ1) is 18.1. The van der Waals surface area contributed by atoms with E-state index in [1.807, 2.05) is 54.5 Å². The van der Waals surface area contributed by atoms with Gasteiger partial charge in [-0.3, -0.25) is 4.79 Å². The van der Waals surface area contributed by atoms with Crippen LogP contribution in [0.3, 0.4) is 0 Å². The predicted octanol–water partition coefficient (Wildman–Crippen LogP) is 4.22. The maximum absolute atomic E-state index is 12.4. The second-order valence-electron chi connectivity index (χ2n) is 5.11. The Labute approximate surface area is 147 Å². The van der Waals surface area contributed by atoms with Crippen LogP contribution in [0.2, 0.25) is 0 Å². The number of carbonyl (C=O) groups excluding carboxylic acids is 1. The minimum Gasteiger partial charge on any atom is -0.493 e. The minimum atomic E-state index is -0.00116. The number of rotatable bonds is 8. The molecule has 0 aliphatic carbocycles. The van der Waals surface area contributed by atoms with Crippen LogP contribution >= 0.6 is 11.3 Å². The molecule has 2 rings (SSSR count). The summed E-state index contributed by atoms with van der Waals surface area (Å²) in [6, 6.07) is 9.68. The van der Waals surface area contributed by atoms with Crippen LogP contribution < -0.4 is 9.47 Å². The van der Waals surface area contributed by atoms with Gasteiger partial charge in [-0.25, -0.2) is 0 Å². The lowest BCUT2D eigenvalue weighted by Crippen LogP contribution is -2.28. The standard InChI is InChI=1S/C19H23NO3S/c1-4-20(14-16-7-6-12-24-16)19(21)11-9-15-8-10-17(23-5-2)18(13-15)22-3/h6-13H,4-5,14H2,1-3H3. The van der Waals surface area contributed by atoms with E-state index in [2.05, 4.69) is 0 Å². The first-order valence-electron chi connectivity index (χ1n) is 7.98. The summed E-state index contributed by atoms with van der Waals surface area (Å²) in [6.07, 6.45) is 3.41. The molecule has 2 aromatic rings. The lowest BCUT2D eigenvalue weighted by atomic mass is 10.2. The summed E-state index contributed by atoms with van der Waals surface area (Å²) in [5.74, 6) is 1.37. The summed E-state index contributed by atoms with van der Waals surface area (Å²) >= 11 is 1.66. The van der Waals surface area contributed by atoms with Gasteiger partial charge in [0.15, 0.2) is 11.5 Å². The maximum atomic E-state index is 12.4. The summed E-state index contributed by atoms with van der Waals surface area (Å²) in [5.41, 5.74) is 0.899. The van der Waals surface area contributed by atoms with Crippen molar-refractivity contribution in [1.82, 2.24) is 4.90 Å². The first-order chi connectivity index (χ1) is 11.7.